The van der Waals surface area contributed by atoms with Crippen molar-refractivity contribution < 1.29 is 14.3 Å². The molecule has 7 heteroatoms. The van der Waals surface area contributed by atoms with Gasteiger partial charge in [-0.3, -0.25) is 0 Å². The normalized spacial score (nSPS) is 11.4. The molecule has 0 unspecified atom stereocenters. The van der Waals surface area contributed by atoms with E-state index in [-0.39, 0.29) is 16.7 Å². The zero-order valence-electron chi connectivity index (χ0n) is 10.5. The van der Waals surface area contributed by atoms with Crippen molar-refractivity contribution in [2.45, 2.75) is 6.92 Å². The molecule has 0 spiro atoms. The molecule has 0 radical (unpaired) electrons. The maximum atomic E-state index is 13.1. The number of rotatable bonds is 3. The average molecular weight is 296 g/mol. The highest BCUT2D eigenvalue weighted by Gasteiger charge is 2.08. The van der Waals surface area contributed by atoms with E-state index in [1.54, 1.807) is 13.0 Å². The van der Waals surface area contributed by atoms with Crippen LogP contribution in [0.25, 0.3) is 0 Å². The van der Waals surface area contributed by atoms with E-state index >= 15 is 0 Å². The fraction of sp³-hybridized carbons (Fsp3) is 0.0769. The molecule has 0 bridgehead atoms. The number of aryl methyl sites for hydroxylation is 1. The van der Waals surface area contributed by atoms with E-state index in [0.717, 1.165) is 0 Å². The SMILES string of the molecule is Cc1cc(/C(N)=N/O)cc(Oc2ccc(F)c(Cl)c2)n1. The summed E-state index contributed by atoms with van der Waals surface area (Å²) in [6, 6.07) is 7.09. The fourth-order valence-corrected chi connectivity index (χ4v) is 1.73. The summed E-state index contributed by atoms with van der Waals surface area (Å²) >= 11 is 5.67. The number of pyridine rings is 1. The van der Waals surface area contributed by atoms with Crippen molar-refractivity contribution >= 4 is 17.4 Å². The van der Waals surface area contributed by atoms with Gasteiger partial charge in [-0.15, -0.1) is 0 Å². The Kier molecular flexibility index (Phi) is 4.05. The summed E-state index contributed by atoms with van der Waals surface area (Å²) in [6.45, 7) is 1.73. The van der Waals surface area contributed by atoms with Gasteiger partial charge in [0, 0.05) is 23.4 Å². The zero-order valence-corrected chi connectivity index (χ0v) is 11.2. The molecule has 0 aliphatic rings. The van der Waals surface area contributed by atoms with Crippen LogP contribution in [0.1, 0.15) is 11.3 Å². The number of oxime groups is 1. The molecule has 0 aliphatic carbocycles. The first kappa shape index (κ1) is 14.1. The van der Waals surface area contributed by atoms with Crippen LogP contribution in [-0.4, -0.2) is 16.0 Å². The second-order valence-corrected chi connectivity index (χ2v) is 4.41. The summed E-state index contributed by atoms with van der Waals surface area (Å²) in [4.78, 5) is 4.15. The number of aromatic nitrogens is 1. The second-order valence-electron chi connectivity index (χ2n) is 4.00. The minimum absolute atomic E-state index is 0.0492. The topological polar surface area (TPSA) is 80.7 Å². The number of nitrogens with zero attached hydrogens (tertiary/aromatic N) is 2. The van der Waals surface area contributed by atoms with Crippen molar-refractivity contribution in [2.75, 3.05) is 0 Å². The Morgan fingerprint density at radius 1 is 1.40 bits per heavy atom. The predicted molar refractivity (Wildman–Crippen MR) is 73.0 cm³/mol. The minimum Gasteiger partial charge on any atom is -0.439 e. The molecule has 1 aromatic heterocycles. The molecule has 20 heavy (non-hydrogen) atoms. The molecule has 0 fully saturated rings. The van der Waals surface area contributed by atoms with Gasteiger partial charge in [-0.25, -0.2) is 9.37 Å². The Bertz CT molecular complexity index is 677. The van der Waals surface area contributed by atoms with Gasteiger partial charge in [0.1, 0.15) is 11.6 Å². The largest absolute Gasteiger partial charge is 0.439 e. The molecule has 0 amide bonds. The molecule has 2 aromatic rings. The molecule has 3 N–H and O–H groups in total. The number of ether oxygens (including phenoxy) is 1. The van der Waals surface area contributed by atoms with E-state index in [4.69, 9.17) is 27.3 Å². The Hall–Kier alpha value is -2.34. The van der Waals surface area contributed by atoms with E-state index in [9.17, 15) is 4.39 Å². The lowest BCUT2D eigenvalue weighted by molar-refractivity contribution is 0.318. The quantitative estimate of drug-likeness (QED) is 0.395. The predicted octanol–water partition coefficient (Wildman–Crippen LogP) is 3.07. The highest BCUT2D eigenvalue weighted by molar-refractivity contribution is 6.30. The van der Waals surface area contributed by atoms with E-state index in [0.29, 0.717) is 17.0 Å². The van der Waals surface area contributed by atoms with Gasteiger partial charge in [0.2, 0.25) is 5.88 Å². The van der Waals surface area contributed by atoms with Gasteiger partial charge in [-0.05, 0) is 25.1 Å². The van der Waals surface area contributed by atoms with Crippen LogP contribution in [0.15, 0.2) is 35.5 Å². The Morgan fingerprint density at radius 3 is 2.80 bits per heavy atom. The highest BCUT2D eigenvalue weighted by Crippen LogP contribution is 2.25. The molecular formula is C13H11ClFN3O2. The number of amidine groups is 1. The molecule has 1 aromatic carbocycles. The number of hydrogen-bond acceptors (Lipinski definition) is 4. The first-order chi connectivity index (χ1) is 9.49. The third-order valence-electron chi connectivity index (χ3n) is 2.45. The Labute approximate surface area is 119 Å². The van der Waals surface area contributed by atoms with Crippen molar-refractivity contribution in [3.8, 4) is 11.6 Å². The molecule has 0 saturated carbocycles. The molecular weight excluding hydrogens is 285 g/mol. The fourth-order valence-electron chi connectivity index (χ4n) is 1.56. The third kappa shape index (κ3) is 3.16. The van der Waals surface area contributed by atoms with Gasteiger partial charge in [0.05, 0.1) is 5.02 Å². The summed E-state index contributed by atoms with van der Waals surface area (Å²) in [6.07, 6.45) is 0. The molecule has 0 atom stereocenters. The molecule has 1 heterocycles. The van der Waals surface area contributed by atoms with Crippen molar-refractivity contribution in [2.24, 2.45) is 10.9 Å². The van der Waals surface area contributed by atoms with Gasteiger partial charge in [0.15, 0.2) is 5.84 Å². The van der Waals surface area contributed by atoms with Crippen LogP contribution in [0.5, 0.6) is 11.6 Å². The lowest BCUT2D eigenvalue weighted by Gasteiger charge is -2.08. The van der Waals surface area contributed by atoms with E-state index in [1.807, 2.05) is 0 Å². The first-order valence-corrected chi connectivity index (χ1v) is 5.97. The summed E-state index contributed by atoms with van der Waals surface area (Å²) in [5.74, 6) is -0.0275. The van der Waals surface area contributed by atoms with Crippen molar-refractivity contribution in [1.82, 2.24) is 4.98 Å². The second kappa shape index (κ2) is 5.75. The van der Waals surface area contributed by atoms with Crippen LogP contribution in [0.2, 0.25) is 5.02 Å². The summed E-state index contributed by atoms with van der Waals surface area (Å²) < 4.78 is 18.5. The van der Waals surface area contributed by atoms with Gasteiger partial charge >= 0.3 is 0 Å². The van der Waals surface area contributed by atoms with E-state index in [1.165, 1.54) is 24.3 Å². The number of nitrogens with two attached hydrogens (primary N) is 1. The molecule has 5 nitrogen and oxygen atoms in total. The zero-order chi connectivity index (χ0) is 14.7. The van der Waals surface area contributed by atoms with Crippen LogP contribution >= 0.6 is 11.6 Å². The van der Waals surface area contributed by atoms with E-state index < -0.39 is 5.82 Å². The maximum Gasteiger partial charge on any atom is 0.220 e. The number of benzene rings is 1. The monoisotopic (exact) mass is 295 g/mol. The van der Waals surface area contributed by atoms with Gasteiger partial charge < -0.3 is 15.7 Å². The summed E-state index contributed by atoms with van der Waals surface area (Å²) in [7, 11) is 0. The van der Waals surface area contributed by atoms with Crippen molar-refractivity contribution in [1.29, 1.82) is 0 Å². The molecule has 2 rings (SSSR count). The molecule has 104 valence electrons. The standard InChI is InChI=1S/C13H11ClFN3O2/c1-7-4-8(13(16)18-19)5-12(17-7)20-9-2-3-11(15)10(14)6-9/h2-6,19H,1H3,(H2,16,18). The summed E-state index contributed by atoms with van der Waals surface area (Å²) in [5.41, 5.74) is 6.60. The minimum atomic E-state index is -0.534. The average Bonchev–Trinajstić information content (AvgIpc) is 2.41. The van der Waals surface area contributed by atoms with E-state index in [2.05, 4.69) is 10.1 Å². The maximum absolute atomic E-state index is 13.1. The Morgan fingerprint density at radius 2 is 2.15 bits per heavy atom. The third-order valence-corrected chi connectivity index (χ3v) is 2.74. The van der Waals surface area contributed by atoms with Crippen LogP contribution in [-0.2, 0) is 0 Å². The lowest BCUT2D eigenvalue weighted by Crippen LogP contribution is -2.13. The van der Waals surface area contributed by atoms with Crippen LogP contribution in [0.3, 0.4) is 0 Å². The van der Waals surface area contributed by atoms with Gasteiger partial charge in [0.25, 0.3) is 0 Å². The Balaban J connectivity index is 2.33. The lowest BCUT2D eigenvalue weighted by atomic mass is 10.2. The smallest absolute Gasteiger partial charge is 0.220 e. The van der Waals surface area contributed by atoms with Gasteiger partial charge in [-0.2, -0.15) is 0 Å². The van der Waals surface area contributed by atoms with Crippen molar-refractivity contribution in [3.05, 3.63) is 52.4 Å². The molecule has 0 aliphatic heterocycles. The molecule has 0 saturated heterocycles. The van der Waals surface area contributed by atoms with Crippen molar-refractivity contribution in [3.63, 3.8) is 0 Å². The first-order valence-electron chi connectivity index (χ1n) is 5.59. The van der Waals surface area contributed by atoms with Crippen LogP contribution < -0.4 is 10.5 Å². The summed E-state index contributed by atoms with van der Waals surface area (Å²) in [5, 5.41) is 11.5. The van der Waals surface area contributed by atoms with Crippen LogP contribution in [0, 0.1) is 12.7 Å². The van der Waals surface area contributed by atoms with Crippen LogP contribution in [0.4, 0.5) is 4.39 Å². The highest BCUT2D eigenvalue weighted by atomic mass is 35.5. The number of hydrogen-bond donors (Lipinski definition) is 2. The van der Waals surface area contributed by atoms with Gasteiger partial charge in [-0.1, -0.05) is 16.8 Å². The number of halogens is 2.